The van der Waals surface area contributed by atoms with Crippen molar-refractivity contribution in [1.82, 2.24) is 9.97 Å². The van der Waals surface area contributed by atoms with Crippen molar-refractivity contribution in [3.63, 3.8) is 0 Å². The second-order valence-electron chi connectivity index (χ2n) is 7.20. The van der Waals surface area contributed by atoms with E-state index in [9.17, 15) is 0 Å². The fourth-order valence-electron chi connectivity index (χ4n) is 4.02. The molecule has 1 unspecified atom stereocenters. The Kier molecular flexibility index (Phi) is 4.47. The zero-order chi connectivity index (χ0) is 17.2. The fourth-order valence-corrected chi connectivity index (χ4v) is 4.02. The van der Waals surface area contributed by atoms with Crippen LogP contribution >= 0.6 is 0 Å². The summed E-state index contributed by atoms with van der Waals surface area (Å²) in [6, 6.07) is 8.48. The normalized spacial score (nSPS) is 20.3. The first-order valence-corrected chi connectivity index (χ1v) is 9.21. The highest BCUT2D eigenvalue weighted by Crippen LogP contribution is 2.31. The average Bonchev–Trinajstić information content (AvgIpc) is 2.67. The molecular weight excluding hydrogens is 312 g/mol. The van der Waals surface area contributed by atoms with E-state index in [1.807, 2.05) is 6.07 Å². The quantitative estimate of drug-likeness (QED) is 0.859. The minimum absolute atomic E-state index is 0.735. The first-order valence-electron chi connectivity index (χ1n) is 9.21. The summed E-state index contributed by atoms with van der Waals surface area (Å²) >= 11 is 0. The first kappa shape index (κ1) is 16.2. The van der Waals surface area contributed by atoms with E-state index in [4.69, 9.17) is 4.74 Å². The van der Waals surface area contributed by atoms with Crippen LogP contribution in [0.1, 0.15) is 30.9 Å². The van der Waals surface area contributed by atoms with Gasteiger partial charge >= 0.3 is 0 Å². The molecule has 0 aliphatic carbocycles. The van der Waals surface area contributed by atoms with Crippen molar-refractivity contribution in [3.05, 3.63) is 41.7 Å². The summed E-state index contributed by atoms with van der Waals surface area (Å²) in [5.74, 6) is 3.78. The number of hydrogen-bond donors (Lipinski definition) is 0. The molecule has 25 heavy (non-hydrogen) atoms. The van der Waals surface area contributed by atoms with Crippen LogP contribution in [0.15, 0.2) is 30.6 Å². The van der Waals surface area contributed by atoms with Crippen LogP contribution in [0, 0.1) is 5.92 Å². The van der Waals surface area contributed by atoms with Crippen LogP contribution in [0.3, 0.4) is 0 Å². The Morgan fingerprint density at radius 1 is 1.12 bits per heavy atom. The van der Waals surface area contributed by atoms with Gasteiger partial charge in [0.15, 0.2) is 0 Å². The van der Waals surface area contributed by atoms with Gasteiger partial charge in [0.1, 0.15) is 23.7 Å². The maximum absolute atomic E-state index is 5.56. The summed E-state index contributed by atoms with van der Waals surface area (Å²) in [4.78, 5) is 13.8. The largest absolute Gasteiger partial charge is 0.496 e. The molecule has 1 aromatic heterocycles. The van der Waals surface area contributed by atoms with Crippen molar-refractivity contribution in [2.24, 2.45) is 5.92 Å². The number of rotatable bonds is 3. The van der Waals surface area contributed by atoms with Crippen LogP contribution in [0.2, 0.25) is 0 Å². The van der Waals surface area contributed by atoms with Gasteiger partial charge in [-0.25, -0.2) is 9.97 Å². The number of ether oxygens (including phenoxy) is 1. The van der Waals surface area contributed by atoms with E-state index in [1.54, 1.807) is 13.4 Å². The van der Waals surface area contributed by atoms with Crippen molar-refractivity contribution < 1.29 is 4.74 Å². The molecule has 5 heteroatoms. The highest BCUT2D eigenvalue weighted by Gasteiger charge is 2.22. The number of benzene rings is 1. The predicted molar refractivity (Wildman–Crippen MR) is 100 cm³/mol. The molecule has 1 atom stereocenters. The molecule has 3 heterocycles. The molecule has 0 N–H and O–H groups in total. The van der Waals surface area contributed by atoms with Gasteiger partial charge in [0.25, 0.3) is 0 Å². The minimum Gasteiger partial charge on any atom is -0.496 e. The highest BCUT2D eigenvalue weighted by atomic mass is 16.5. The number of aromatic nitrogens is 2. The molecule has 132 valence electrons. The van der Waals surface area contributed by atoms with Crippen LogP contribution in [0.4, 0.5) is 11.6 Å². The summed E-state index contributed by atoms with van der Waals surface area (Å²) in [6.07, 6.45) is 5.29. The molecular formula is C20H26N4O. The van der Waals surface area contributed by atoms with E-state index in [0.29, 0.717) is 0 Å². The highest BCUT2D eigenvalue weighted by molar-refractivity contribution is 5.54. The molecule has 4 rings (SSSR count). The van der Waals surface area contributed by atoms with Gasteiger partial charge < -0.3 is 14.5 Å². The van der Waals surface area contributed by atoms with E-state index in [1.165, 1.54) is 24.0 Å². The van der Waals surface area contributed by atoms with Crippen LogP contribution in [0.5, 0.6) is 5.75 Å². The molecule has 0 amide bonds. The smallest absolute Gasteiger partial charge is 0.134 e. The zero-order valence-electron chi connectivity index (χ0n) is 15.1. The van der Waals surface area contributed by atoms with E-state index in [0.717, 1.165) is 55.9 Å². The number of piperidine rings is 1. The van der Waals surface area contributed by atoms with Gasteiger partial charge in [-0.2, -0.15) is 0 Å². The zero-order valence-corrected chi connectivity index (χ0v) is 15.1. The van der Waals surface area contributed by atoms with Crippen LogP contribution in [-0.4, -0.2) is 36.7 Å². The maximum atomic E-state index is 5.56. The number of anilines is 2. The molecule has 2 aromatic rings. The van der Waals surface area contributed by atoms with Crippen LogP contribution in [0.25, 0.3) is 0 Å². The fraction of sp³-hybridized carbons (Fsp3) is 0.500. The van der Waals surface area contributed by atoms with Gasteiger partial charge in [0.05, 0.1) is 7.11 Å². The van der Waals surface area contributed by atoms with E-state index < -0.39 is 0 Å². The van der Waals surface area contributed by atoms with Gasteiger partial charge in [-0.05, 0) is 36.8 Å². The van der Waals surface area contributed by atoms with Crippen molar-refractivity contribution in [2.45, 2.75) is 32.7 Å². The molecule has 1 aromatic carbocycles. The first-order chi connectivity index (χ1) is 12.2. The standard InChI is InChI=1S/C20H26N4O/c1-15-5-4-9-23(12-15)19-11-20(22-14-21-19)24-10-8-16-6-3-7-18(25-2)17(16)13-24/h3,6-7,11,14-15H,4-5,8-10,12-13H2,1-2H3. The summed E-state index contributed by atoms with van der Waals surface area (Å²) in [6.45, 7) is 6.33. The van der Waals surface area contributed by atoms with Crippen molar-refractivity contribution in [2.75, 3.05) is 36.5 Å². The van der Waals surface area contributed by atoms with Gasteiger partial charge in [0.2, 0.25) is 0 Å². The lowest BCUT2D eigenvalue weighted by atomic mass is 9.98. The van der Waals surface area contributed by atoms with Crippen molar-refractivity contribution in [1.29, 1.82) is 0 Å². The van der Waals surface area contributed by atoms with Gasteiger partial charge in [-0.3, -0.25) is 0 Å². The van der Waals surface area contributed by atoms with E-state index in [2.05, 4.69) is 44.9 Å². The molecule has 1 fully saturated rings. The van der Waals surface area contributed by atoms with Crippen LogP contribution < -0.4 is 14.5 Å². The molecule has 0 saturated carbocycles. The Morgan fingerprint density at radius 3 is 2.76 bits per heavy atom. The summed E-state index contributed by atoms with van der Waals surface area (Å²) in [5.41, 5.74) is 2.66. The van der Waals surface area contributed by atoms with Crippen molar-refractivity contribution in [3.8, 4) is 5.75 Å². The Morgan fingerprint density at radius 2 is 1.96 bits per heavy atom. The molecule has 1 saturated heterocycles. The Labute approximate surface area is 149 Å². The minimum atomic E-state index is 0.735. The molecule has 5 nitrogen and oxygen atoms in total. The molecule has 2 aliphatic rings. The lowest BCUT2D eigenvalue weighted by Crippen LogP contribution is -2.35. The van der Waals surface area contributed by atoms with Crippen molar-refractivity contribution >= 4 is 11.6 Å². The third-order valence-electron chi connectivity index (χ3n) is 5.39. The monoisotopic (exact) mass is 338 g/mol. The van der Waals surface area contributed by atoms with Crippen LogP contribution in [-0.2, 0) is 13.0 Å². The van der Waals surface area contributed by atoms with E-state index >= 15 is 0 Å². The summed E-state index contributed by atoms with van der Waals surface area (Å²) < 4.78 is 5.56. The number of fused-ring (bicyclic) bond motifs is 1. The average molecular weight is 338 g/mol. The Hall–Kier alpha value is -2.30. The lowest BCUT2D eigenvalue weighted by molar-refractivity contribution is 0.407. The topological polar surface area (TPSA) is 41.5 Å². The maximum Gasteiger partial charge on any atom is 0.134 e. The predicted octanol–water partition coefficient (Wildman–Crippen LogP) is 3.28. The van der Waals surface area contributed by atoms with Gasteiger partial charge in [-0.15, -0.1) is 0 Å². The number of methoxy groups -OCH3 is 1. The second-order valence-corrected chi connectivity index (χ2v) is 7.20. The second kappa shape index (κ2) is 6.90. The summed E-state index contributed by atoms with van der Waals surface area (Å²) in [7, 11) is 1.74. The molecule has 0 bridgehead atoms. The SMILES string of the molecule is COc1cccc2c1CN(c1cc(N3CCCC(C)C3)ncn1)CC2. The third kappa shape index (κ3) is 3.28. The summed E-state index contributed by atoms with van der Waals surface area (Å²) in [5, 5.41) is 0. The Bertz CT molecular complexity index is 734. The molecule has 0 spiro atoms. The van der Waals surface area contributed by atoms with E-state index in [-0.39, 0.29) is 0 Å². The van der Waals surface area contributed by atoms with Gasteiger partial charge in [-0.1, -0.05) is 19.1 Å². The Balaban J connectivity index is 1.57. The lowest BCUT2D eigenvalue weighted by Gasteiger charge is -2.33. The molecule has 2 aliphatic heterocycles. The third-order valence-corrected chi connectivity index (χ3v) is 5.39. The number of hydrogen-bond acceptors (Lipinski definition) is 5. The molecule has 0 radical (unpaired) electrons. The number of nitrogens with zero attached hydrogens (tertiary/aromatic N) is 4. The van der Waals surface area contributed by atoms with Gasteiger partial charge in [0, 0.05) is 37.8 Å².